The molecule has 45 heavy (non-hydrogen) atoms. The van der Waals surface area contributed by atoms with E-state index in [1.807, 2.05) is 20.8 Å². The number of hydrogen-bond donors (Lipinski definition) is 0. The molecule has 4 rings (SSSR count). The number of carbonyl (C=O) groups excluding carboxylic acids is 1. The normalized spacial score (nSPS) is 14.9. The van der Waals surface area contributed by atoms with E-state index in [0.717, 1.165) is 13.1 Å². The average Bonchev–Trinajstić information content (AvgIpc) is 3.33. The zero-order chi connectivity index (χ0) is 33.3. The van der Waals surface area contributed by atoms with Gasteiger partial charge in [-0.3, -0.25) is 9.69 Å². The van der Waals surface area contributed by atoms with Crippen molar-refractivity contribution < 1.29 is 35.5 Å². The molecule has 2 heterocycles. The lowest BCUT2D eigenvalue weighted by Gasteiger charge is -2.38. The summed E-state index contributed by atoms with van der Waals surface area (Å²) in [7, 11) is 0. The maximum Gasteiger partial charge on any atom is 0.416 e. The first-order valence-corrected chi connectivity index (χ1v) is 14.9. The summed E-state index contributed by atoms with van der Waals surface area (Å²) in [5, 5.41) is 4.82. The molecule has 246 valence electrons. The molecule has 1 amide bonds. The zero-order valence-corrected chi connectivity index (χ0v) is 25.9. The molecule has 0 N–H and O–H groups in total. The van der Waals surface area contributed by atoms with Gasteiger partial charge in [0.1, 0.15) is 11.6 Å². The molecule has 0 bridgehead atoms. The molecular formula is C32H38F7N5O. The van der Waals surface area contributed by atoms with Gasteiger partial charge < -0.3 is 9.80 Å². The van der Waals surface area contributed by atoms with Crippen molar-refractivity contribution in [3.8, 4) is 5.69 Å². The number of rotatable bonds is 9. The number of nitrogens with zero attached hydrogens (tertiary/aromatic N) is 5. The number of alkyl halides is 6. The van der Waals surface area contributed by atoms with Crippen LogP contribution in [-0.4, -0.2) is 64.3 Å². The van der Waals surface area contributed by atoms with E-state index < -0.39 is 40.8 Å². The number of aromatic nitrogens is 2. The monoisotopic (exact) mass is 641 g/mol. The topological polar surface area (TPSA) is 44.6 Å². The third-order valence-corrected chi connectivity index (χ3v) is 7.85. The van der Waals surface area contributed by atoms with Crippen LogP contribution in [-0.2, 0) is 25.3 Å². The van der Waals surface area contributed by atoms with Crippen LogP contribution in [0.3, 0.4) is 0 Å². The molecule has 0 saturated carbocycles. The van der Waals surface area contributed by atoms with Crippen LogP contribution in [0.4, 0.5) is 36.6 Å². The molecule has 0 aliphatic carbocycles. The van der Waals surface area contributed by atoms with Crippen LogP contribution in [0.1, 0.15) is 67.4 Å². The second kappa shape index (κ2) is 13.4. The van der Waals surface area contributed by atoms with Crippen molar-refractivity contribution in [2.24, 2.45) is 5.92 Å². The number of benzene rings is 2. The van der Waals surface area contributed by atoms with E-state index in [1.165, 1.54) is 17.0 Å². The molecule has 6 nitrogen and oxygen atoms in total. The van der Waals surface area contributed by atoms with Crippen molar-refractivity contribution in [2.45, 2.75) is 66.0 Å². The Hall–Kier alpha value is -3.61. The van der Waals surface area contributed by atoms with Crippen molar-refractivity contribution in [3.63, 3.8) is 0 Å². The first kappa shape index (κ1) is 34.3. The van der Waals surface area contributed by atoms with Crippen LogP contribution < -0.4 is 4.90 Å². The Morgan fingerprint density at radius 2 is 1.44 bits per heavy atom. The zero-order valence-electron chi connectivity index (χ0n) is 25.9. The van der Waals surface area contributed by atoms with Gasteiger partial charge in [-0.2, -0.15) is 31.4 Å². The molecular weight excluding hydrogens is 603 g/mol. The van der Waals surface area contributed by atoms with E-state index in [1.54, 1.807) is 16.8 Å². The number of piperazine rings is 1. The van der Waals surface area contributed by atoms with Crippen molar-refractivity contribution in [1.29, 1.82) is 0 Å². The lowest BCUT2D eigenvalue weighted by molar-refractivity contribution is -0.143. The minimum absolute atomic E-state index is 0.0143. The van der Waals surface area contributed by atoms with Gasteiger partial charge in [0.15, 0.2) is 0 Å². The molecule has 1 saturated heterocycles. The van der Waals surface area contributed by atoms with Crippen LogP contribution in [0, 0.1) is 11.7 Å². The van der Waals surface area contributed by atoms with E-state index in [2.05, 4.69) is 23.6 Å². The summed E-state index contributed by atoms with van der Waals surface area (Å²) >= 11 is 0. The summed E-state index contributed by atoms with van der Waals surface area (Å²) in [4.78, 5) is 19.6. The second-order valence-corrected chi connectivity index (χ2v) is 12.0. The standard InChI is InChI=1S/C32H38F7N5O/c1-6-28-27(29(42-13-11-41(12-14-42)21(4)5)44(40-28)26-9-7-25(33)8-10-26)19-43(18-20(2)3)30(45)22-15-23(31(34,35)36)17-24(16-22)32(37,38)39/h7-10,15-17,20-21H,6,11-14,18-19H2,1-5H3. The van der Waals surface area contributed by atoms with Gasteiger partial charge >= 0.3 is 12.4 Å². The molecule has 1 fully saturated rings. The highest BCUT2D eigenvalue weighted by Gasteiger charge is 2.38. The van der Waals surface area contributed by atoms with E-state index >= 15 is 0 Å². The van der Waals surface area contributed by atoms with E-state index in [0.29, 0.717) is 60.4 Å². The molecule has 0 atom stereocenters. The third kappa shape index (κ3) is 7.98. The largest absolute Gasteiger partial charge is 0.416 e. The fraction of sp³-hybridized carbons (Fsp3) is 0.500. The number of anilines is 1. The van der Waals surface area contributed by atoms with Crippen molar-refractivity contribution in [1.82, 2.24) is 19.6 Å². The highest BCUT2D eigenvalue weighted by Crippen LogP contribution is 2.37. The van der Waals surface area contributed by atoms with Gasteiger partial charge in [0.2, 0.25) is 0 Å². The van der Waals surface area contributed by atoms with Crippen LogP contribution >= 0.6 is 0 Å². The SMILES string of the molecule is CCc1nn(-c2ccc(F)cc2)c(N2CCN(C(C)C)CC2)c1CN(CC(C)C)C(=O)c1cc(C(F)(F)F)cc(C(F)(F)F)c1. The van der Waals surface area contributed by atoms with Crippen LogP contribution in [0.15, 0.2) is 42.5 Å². The smallest absolute Gasteiger partial charge is 0.354 e. The van der Waals surface area contributed by atoms with Crippen molar-refractivity contribution >= 4 is 11.7 Å². The Labute approximate surface area is 258 Å². The molecule has 0 spiro atoms. The number of amides is 1. The quantitative estimate of drug-likeness (QED) is 0.228. The van der Waals surface area contributed by atoms with Gasteiger partial charge in [-0.1, -0.05) is 20.8 Å². The summed E-state index contributed by atoms with van der Waals surface area (Å²) in [5.41, 5.74) is -1.97. The molecule has 3 aromatic rings. The number of halogens is 7. The Balaban J connectivity index is 1.83. The molecule has 0 unspecified atom stereocenters. The fourth-order valence-electron chi connectivity index (χ4n) is 5.58. The Morgan fingerprint density at radius 1 is 0.889 bits per heavy atom. The first-order chi connectivity index (χ1) is 21.0. The number of hydrogen-bond acceptors (Lipinski definition) is 4. The lowest BCUT2D eigenvalue weighted by Crippen LogP contribution is -2.49. The van der Waals surface area contributed by atoms with Crippen LogP contribution in [0.25, 0.3) is 5.69 Å². The van der Waals surface area contributed by atoms with Crippen LogP contribution in [0.2, 0.25) is 0 Å². The number of carbonyl (C=O) groups is 1. The minimum Gasteiger partial charge on any atom is -0.354 e. The summed E-state index contributed by atoms with van der Waals surface area (Å²) in [6.45, 7) is 12.4. The van der Waals surface area contributed by atoms with Gasteiger partial charge in [-0.25, -0.2) is 9.07 Å². The molecule has 13 heteroatoms. The average molecular weight is 642 g/mol. The minimum atomic E-state index is -5.09. The van der Waals surface area contributed by atoms with Gasteiger partial charge in [-0.05, 0) is 68.7 Å². The Morgan fingerprint density at radius 3 is 1.91 bits per heavy atom. The lowest BCUT2D eigenvalue weighted by atomic mass is 10.0. The summed E-state index contributed by atoms with van der Waals surface area (Å²) in [6.07, 6.45) is -9.74. The highest BCUT2D eigenvalue weighted by atomic mass is 19.4. The van der Waals surface area contributed by atoms with E-state index in [-0.39, 0.29) is 25.1 Å². The van der Waals surface area contributed by atoms with Gasteiger partial charge in [-0.15, -0.1) is 0 Å². The third-order valence-electron chi connectivity index (χ3n) is 7.85. The molecule has 2 aromatic carbocycles. The summed E-state index contributed by atoms with van der Waals surface area (Å²) in [6, 6.07) is 7.06. The van der Waals surface area contributed by atoms with Crippen LogP contribution in [0.5, 0.6) is 0 Å². The number of aryl methyl sites for hydroxylation is 1. The van der Waals surface area contributed by atoms with E-state index in [9.17, 15) is 35.5 Å². The summed E-state index contributed by atoms with van der Waals surface area (Å²) in [5.74, 6) is -0.880. The Kier molecular flexibility index (Phi) is 10.2. The molecule has 1 aliphatic rings. The molecule has 1 aliphatic heterocycles. The maximum atomic E-state index is 13.9. The summed E-state index contributed by atoms with van der Waals surface area (Å²) < 4.78 is 97.4. The van der Waals surface area contributed by atoms with Crippen molar-refractivity contribution in [2.75, 3.05) is 37.6 Å². The second-order valence-electron chi connectivity index (χ2n) is 12.0. The first-order valence-electron chi connectivity index (χ1n) is 14.9. The van der Waals surface area contributed by atoms with Crippen molar-refractivity contribution in [3.05, 3.63) is 76.2 Å². The highest BCUT2D eigenvalue weighted by molar-refractivity contribution is 5.95. The Bertz CT molecular complexity index is 1440. The predicted molar refractivity (Wildman–Crippen MR) is 158 cm³/mol. The van der Waals surface area contributed by atoms with Gasteiger partial charge in [0, 0.05) is 49.9 Å². The van der Waals surface area contributed by atoms with E-state index in [4.69, 9.17) is 5.10 Å². The predicted octanol–water partition coefficient (Wildman–Crippen LogP) is 7.44. The van der Waals surface area contributed by atoms with Gasteiger partial charge in [0.25, 0.3) is 5.91 Å². The fourth-order valence-corrected chi connectivity index (χ4v) is 5.58. The molecule has 1 aromatic heterocycles. The molecule has 0 radical (unpaired) electrons. The van der Waals surface area contributed by atoms with Gasteiger partial charge in [0.05, 0.1) is 29.1 Å². The maximum absolute atomic E-state index is 13.9.